The van der Waals surface area contributed by atoms with Gasteiger partial charge in [0.2, 0.25) is 11.2 Å². The molecule has 0 spiro atoms. The number of Topliss-reactive ketones (excluding diaryl/α,β-unsaturated/α-hetero) is 1. The van der Waals surface area contributed by atoms with Crippen LogP contribution in [0.3, 0.4) is 0 Å². The van der Waals surface area contributed by atoms with E-state index < -0.39 is 21.3 Å². The minimum absolute atomic E-state index is 0.0219. The molecule has 0 aliphatic rings. The van der Waals surface area contributed by atoms with Gasteiger partial charge in [0.15, 0.2) is 0 Å². The number of ketones is 1. The Morgan fingerprint density at radius 3 is 2.25 bits per heavy atom. The van der Waals surface area contributed by atoms with E-state index >= 15 is 0 Å². The maximum atomic E-state index is 11.6. The molecule has 0 radical (unpaired) electrons. The standard InChI is InChI=1S/C13H18O6S/c1-9(2)7-8-19-11-5-3-10(4-6-11)12(14)13(15)20(16,17)18/h3-6,9,13,15H,7-8H2,1-2H3,(H,16,17,18). The molecule has 0 bridgehead atoms. The van der Waals surface area contributed by atoms with E-state index in [-0.39, 0.29) is 5.56 Å². The predicted octanol–water partition coefficient (Wildman–Crippen LogP) is 1.50. The topological polar surface area (TPSA) is 101 Å². The third-order valence-electron chi connectivity index (χ3n) is 2.61. The molecule has 0 amide bonds. The summed E-state index contributed by atoms with van der Waals surface area (Å²) in [5, 5.41) is 9.16. The summed E-state index contributed by atoms with van der Waals surface area (Å²) in [6.07, 6.45) is 0.891. The number of hydrogen-bond donors (Lipinski definition) is 2. The van der Waals surface area contributed by atoms with Gasteiger partial charge in [0, 0.05) is 5.56 Å². The van der Waals surface area contributed by atoms with Crippen LogP contribution < -0.4 is 4.74 Å². The molecule has 0 saturated heterocycles. The molecule has 1 aromatic carbocycles. The van der Waals surface area contributed by atoms with Crippen LogP contribution in [-0.2, 0) is 10.1 Å². The van der Waals surface area contributed by atoms with Gasteiger partial charge in [-0.05, 0) is 36.6 Å². The highest BCUT2D eigenvalue weighted by atomic mass is 32.2. The lowest BCUT2D eigenvalue weighted by Crippen LogP contribution is -2.29. The largest absolute Gasteiger partial charge is 0.494 e. The third-order valence-corrected chi connectivity index (χ3v) is 3.39. The number of hydrogen-bond acceptors (Lipinski definition) is 5. The maximum Gasteiger partial charge on any atom is 0.299 e. The van der Waals surface area contributed by atoms with Gasteiger partial charge in [-0.15, -0.1) is 0 Å². The molecule has 1 aromatic rings. The van der Waals surface area contributed by atoms with Gasteiger partial charge in [-0.25, -0.2) is 0 Å². The first-order valence-corrected chi connectivity index (χ1v) is 7.63. The summed E-state index contributed by atoms with van der Waals surface area (Å²) in [5.41, 5.74) is -2.48. The first-order valence-electron chi connectivity index (χ1n) is 6.13. The molecule has 0 fully saturated rings. The molecular formula is C13H18O6S. The molecular weight excluding hydrogens is 284 g/mol. The lowest BCUT2D eigenvalue weighted by Gasteiger charge is -2.09. The summed E-state index contributed by atoms with van der Waals surface area (Å²) < 4.78 is 35.4. The van der Waals surface area contributed by atoms with Gasteiger partial charge in [0.25, 0.3) is 10.1 Å². The highest BCUT2D eigenvalue weighted by Crippen LogP contribution is 2.15. The summed E-state index contributed by atoms with van der Waals surface area (Å²) in [5.74, 6) is -0.0227. The van der Waals surface area contributed by atoms with Crippen molar-refractivity contribution in [2.24, 2.45) is 5.92 Å². The molecule has 6 nitrogen and oxygen atoms in total. The van der Waals surface area contributed by atoms with E-state index in [1.54, 1.807) is 0 Å². The van der Waals surface area contributed by atoms with Crippen molar-refractivity contribution in [1.82, 2.24) is 0 Å². The number of carbonyl (C=O) groups is 1. The monoisotopic (exact) mass is 302 g/mol. The van der Waals surface area contributed by atoms with Crippen LogP contribution in [0.15, 0.2) is 24.3 Å². The molecule has 7 heteroatoms. The van der Waals surface area contributed by atoms with Gasteiger partial charge in [0.05, 0.1) is 6.61 Å². The second-order valence-corrected chi connectivity index (χ2v) is 6.26. The first-order chi connectivity index (χ1) is 9.21. The average molecular weight is 302 g/mol. The lowest BCUT2D eigenvalue weighted by atomic mass is 10.1. The van der Waals surface area contributed by atoms with E-state index in [1.165, 1.54) is 24.3 Å². The van der Waals surface area contributed by atoms with Crippen LogP contribution in [0.25, 0.3) is 0 Å². The van der Waals surface area contributed by atoms with Crippen molar-refractivity contribution >= 4 is 15.9 Å². The van der Waals surface area contributed by atoms with Crippen LogP contribution in [0.2, 0.25) is 0 Å². The molecule has 112 valence electrons. The quantitative estimate of drug-likeness (QED) is 0.584. The zero-order valence-electron chi connectivity index (χ0n) is 11.3. The number of benzene rings is 1. The second kappa shape index (κ2) is 6.83. The maximum absolute atomic E-state index is 11.6. The number of rotatable bonds is 7. The Labute approximate surface area is 118 Å². The normalized spacial score (nSPS) is 13.2. The molecule has 2 N–H and O–H groups in total. The van der Waals surface area contributed by atoms with E-state index in [1.807, 2.05) is 0 Å². The van der Waals surface area contributed by atoms with Gasteiger partial charge >= 0.3 is 0 Å². The Balaban J connectivity index is 2.69. The van der Waals surface area contributed by atoms with E-state index in [0.29, 0.717) is 18.3 Å². The Hall–Kier alpha value is -1.44. The van der Waals surface area contributed by atoms with Crippen molar-refractivity contribution in [1.29, 1.82) is 0 Å². The molecule has 0 aliphatic heterocycles. The van der Waals surface area contributed by atoms with Crippen LogP contribution in [0, 0.1) is 5.92 Å². The van der Waals surface area contributed by atoms with Crippen molar-refractivity contribution in [2.75, 3.05) is 6.61 Å². The Bertz CT molecular complexity index is 547. The van der Waals surface area contributed by atoms with Gasteiger partial charge in [-0.1, -0.05) is 13.8 Å². The highest BCUT2D eigenvalue weighted by molar-refractivity contribution is 7.87. The summed E-state index contributed by atoms with van der Waals surface area (Å²) in [7, 11) is -4.81. The molecule has 1 atom stereocenters. The van der Waals surface area contributed by atoms with Crippen LogP contribution >= 0.6 is 0 Å². The summed E-state index contributed by atoms with van der Waals surface area (Å²) in [4.78, 5) is 11.6. The fourth-order valence-corrected chi connectivity index (χ4v) is 1.81. The Morgan fingerprint density at radius 2 is 1.80 bits per heavy atom. The number of ether oxygens (including phenoxy) is 1. The molecule has 1 rings (SSSR count). The molecule has 20 heavy (non-hydrogen) atoms. The minimum Gasteiger partial charge on any atom is -0.494 e. The average Bonchev–Trinajstić information content (AvgIpc) is 2.36. The lowest BCUT2D eigenvalue weighted by molar-refractivity contribution is 0.0848. The highest BCUT2D eigenvalue weighted by Gasteiger charge is 2.29. The van der Waals surface area contributed by atoms with Gasteiger partial charge in [0.1, 0.15) is 5.75 Å². The second-order valence-electron chi connectivity index (χ2n) is 4.79. The van der Waals surface area contributed by atoms with Crippen LogP contribution in [0.5, 0.6) is 5.75 Å². The van der Waals surface area contributed by atoms with E-state index in [4.69, 9.17) is 14.4 Å². The Morgan fingerprint density at radius 1 is 1.25 bits per heavy atom. The van der Waals surface area contributed by atoms with E-state index in [2.05, 4.69) is 13.8 Å². The third kappa shape index (κ3) is 4.92. The molecule has 0 aromatic heterocycles. The van der Waals surface area contributed by atoms with Gasteiger partial charge in [-0.2, -0.15) is 8.42 Å². The minimum atomic E-state index is -4.81. The zero-order chi connectivity index (χ0) is 15.3. The molecule has 0 aliphatic carbocycles. The molecule has 0 saturated carbocycles. The van der Waals surface area contributed by atoms with Crippen molar-refractivity contribution < 1.29 is 27.6 Å². The van der Waals surface area contributed by atoms with Gasteiger partial charge in [-0.3, -0.25) is 9.35 Å². The smallest absolute Gasteiger partial charge is 0.299 e. The van der Waals surface area contributed by atoms with E-state index in [9.17, 15) is 13.2 Å². The zero-order valence-corrected chi connectivity index (χ0v) is 12.1. The van der Waals surface area contributed by atoms with Crippen molar-refractivity contribution in [3.05, 3.63) is 29.8 Å². The summed E-state index contributed by atoms with van der Waals surface area (Å²) >= 11 is 0. The summed E-state index contributed by atoms with van der Waals surface area (Å²) in [6, 6.07) is 5.68. The van der Waals surface area contributed by atoms with E-state index in [0.717, 1.165) is 6.42 Å². The van der Waals surface area contributed by atoms with Crippen LogP contribution in [-0.4, -0.2) is 35.9 Å². The van der Waals surface area contributed by atoms with Crippen molar-refractivity contribution in [2.45, 2.75) is 25.7 Å². The van der Waals surface area contributed by atoms with Crippen molar-refractivity contribution in [3.8, 4) is 5.75 Å². The summed E-state index contributed by atoms with van der Waals surface area (Å²) in [6.45, 7) is 4.68. The molecule has 1 unspecified atom stereocenters. The van der Waals surface area contributed by atoms with Crippen LogP contribution in [0.1, 0.15) is 30.6 Å². The Kier molecular flexibility index (Phi) is 5.67. The predicted molar refractivity (Wildman–Crippen MR) is 73.3 cm³/mol. The van der Waals surface area contributed by atoms with Gasteiger partial charge < -0.3 is 9.84 Å². The van der Waals surface area contributed by atoms with Crippen LogP contribution in [0.4, 0.5) is 0 Å². The number of aliphatic hydroxyl groups is 1. The fourth-order valence-electron chi connectivity index (χ4n) is 1.41. The van der Waals surface area contributed by atoms with Crippen molar-refractivity contribution in [3.63, 3.8) is 0 Å². The number of aliphatic hydroxyl groups excluding tert-OH is 1. The molecule has 0 heterocycles. The SMILES string of the molecule is CC(C)CCOc1ccc(C(=O)C(O)S(=O)(=O)O)cc1. The fraction of sp³-hybridized carbons (Fsp3) is 0.462. The number of carbonyl (C=O) groups excluding carboxylic acids is 1. The first kappa shape index (κ1) is 16.6.